The molecule has 0 N–H and O–H groups in total. The molecule has 1 aromatic heterocycles. The summed E-state index contributed by atoms with van der Waals surface area (Å²) >= 11 is 0. The fraction of sp³-hybridized carbons (Fsp3) is 0.278. The summed E-state index contributed by atoms with van der Waals surface area (Å²) < 4.78 is 0. The van der Waals surface area contributed by atoms with Crippen LogP contribution >= 0.6 is 0 Å². The monoisotopic (exact) mass is 294 g/mol. The number of ketones is 1. The molecule has 1 fully saturated rings. The topological polar surface area (TPSA) is 50.3 Å². The maximum Gasteiger partial charge on any atom is 0.227 e. The lowest BCUT2D eigenvalue weighted by atomic mass is 10.0. The molecule has 0 unspecified atom stereocenters. The second kappa shape index (κ2) is 6.10. The van der Waals surface area contributed by atoms with Crippen molar-refractivity contribution in [2.75, 3.05) is 11.4 Å². The van der Waals surface area contributed by atoms with Gasteiger partial charge in [-0.2, -0.15) is 0 Å². The summed E-state index contributed by atoms with van der Waals surface area (Å²) in [5, 5.41) is 0. The van der Waals surface area contributed by atoms with Crippen molar-refractivity contribution in [3.63, 3.8) is 0 Å². The Bertz CT molecular complexity index is 680. The van der Waals surface area contributed by atoms with Crippen LogP contribution in [0.15, 0.2) is 48.7 Å². The van der Waals surface area contributed by atoms with Crippen LogP contribution in [-0.4, -0.2) is 23.2 Å². The van der Waals surface area contributed by atoms with Crippen molar-refractivity contribution in [1.82, 2.24) is 4.98 Å². The molecule has 22 heavy (non-hydrogen) atoms. The summed E-state index contributed by atoms with van der Waals surface area (Å²) in [6, 6.07) is 13.4. The van der Waals surface area contributed by atoms with Gasteiger partial charge >= 0.3 is 0 Å². The van der Waals surface area contributed by atoms with Gasteiger partial charge in [0.05, 0.1) is 0 Å². The summed E-state index contributed by atoms with van der Waals surface area (Å²) in [6.45, 7) is 2.25. The van der Waals surface area contributed by atoms with Crippen molar-refractivity contribution in [3.05, 3.63) is 59.9 Å². The average Bonchev–Trinajstić information content (AvgIpc) is 2.89. The lowest BCUT2D eigenvalue weighted by molar-refractivity contribution is -0.117. The lowest BCUT2D eigenvalue weighted by Gasteiger charge is -2.16. The van der Waals surface area contributed by atoms with Crippen molar-refractivity contribution in [3.8, 4) is 0 Å². The number of nitrogens with zero attached hydrogens (tertiary/aromatic N) is 2. The first-order valence-corrected chi connectivity index (χ1v) is 7.45. The van der Waals surface area contributed by atoms with E-state index in [0.29, 0.717) is 12.0 Å². The Kier molecular flexibility index (Phi) is 4.00. The van der Waals surface area contributed by atoms with E-state index in [9.17, 15) is 9.59 Å². The summed E-state index contributed by atoms with van der Waals surface area (Å²) in [5.74, 6) is 0.449. The van der Waals surface area contributed by atoms with Gasteiger partial charge in [-0.1, -0.05) is 18.2 Å². The third-order valence-corrected chi connectivity index (χ3v) is 4.00. The Morgan fingerprint density at radius 1 is 1.23 bits per heavy atom. The van der Waals surface area contributed by atoms with Gasteiger partial charge in [-0.15, -0.1) is 0 Å². The zero-order valence-corrected chi connectivity index (χ0v) is 12.5. The molecule has 0 aliphatic carbocycles. The number of carbonyl (C=O) groups is 2. The van der Waals surface area contributed by atoms with E-state index in [0.717, 1.165) is 24.3 Å². The highest BCUT2D eigenvalue weighted by atomic mass is 16.2. The normalized spacial score (nSPS) is 17.8. The number of benzene rings is 1. The third-order valence-electron chi connectivity index (χ3n) is 4.00. The minimum Gasteiger partial charge on any atom is -0.312 e. The number of anilines is 1. The van der Waals surface area contributed by atoms with Crippen LogP contribution in [0.5, 0.6) is 0 Å². The molecule has 112 valence electrons. The quantitative estimate of drug-likeness (QED) is 0.815. The summed E-state index contributed by atoms with van der Waals surface area (Å²) in [4.78, 5) is 29.6. The van der Waals surface area contributed by atoms with Crippen LogP contribution in [0.2, 0.25) is 0 Å². The molecule has 4 heteroatoms. The zero-order valence-electron chi connectivity index (χ0n) is 12.5. The first-order valence-electron chi connectivity index (χ1n) is 7.45. The molecular weight excluding hydrogens is 276 g/mol. The number of hydrogen-bond acceptors (Lipinski definition) is 3. The van der Waals surface area contributed by atoms with Gasteiger partial charge in [0.2, 0.25) is 5.91 Å². The number of amides is 1. The van der Waals surface area contributed by atoms with Gasteiger partial charge in [-0.3, -0.25) is 14.6 Å². The molecule has 1 aromatic carbocycles. The largest absolute Gasteiger partial charge is 0.312 e. The van der Waals surface area contributed by atoms with Crippen LogP contribution in [0.1, 0.15) is 29.4 Å². The Labute approximate surface area is 129 Å². The number of para-hydroxylation sites is 1. The number of hydrogen-bond donors (Lipinski definition) is 0. The van der Waals surface area contributed by atoms with E-state index < -0.39 is 0 Å². The van der Waals surface area contributed by atoms with Crippen molar-refractivity contribution < 1.29 is 9.59 Å². The molecule has 4 nitrogen and oxygen atoms in total. The number of pyridine rings is 1. The van der Waals surface area contributed by atoms with Crippen molar-refractivity contribution in [2.45, 2.75) is 19.8 Å². The molecule has 0 bridgehead atoms. The summed E-state index contributed by atoms with van der Waals surface area (Å²) in [7, 11) is 0. The van der Waals surface area contributed by atoms with E-state index in [-0.39, 0.29) is 17.6 Å². The minimum atomic E-state index is 0.0188. The van der Waals surface area contributed by atoms with Crippen LogP contribution in [0.3, 0.4) is 0 Å². The predicted molar refractivity (Wildman–Crippen MR) is 84.8 cm³/mol. The van der Waals surface area contributed by atoms with E-state index >= 15 is 0 Å². The van der Waals surface area contributed by atoms with Gasteiger partial charge in [0, 0.05) is 36.1 Å². The number of rotatable bonds is 4. The summed E-state index contributed by atoms with van der Waals surface area (Å²) in [5.41, 5.74) is 2.50. The van der Waals surface area contributed by atoms with Crippen LogP contribution in [0, 0.1) is 5.92 Å². The number of Topliss-reactive ketones (excluding diaryl/α,β-unsaturated/α-hetero) is 1. The molecule has 2 aromatic rings. The lowest BCUT2D eigenvalue weighted by Crippen LogP contribution is -2.24. The van der Waals surface area contributed by atoms with Crippen LogP contribution in [0.4, 0.5) is 5.69 Å². The third kappa shape index (κ3) is 3.06. The Morgan fingerprint density at radius 2 is 2.00 bits per heavy atom. The smallest absolute Gasteiger partial charge is 0.227 e. The number of aromatic nitrogens is 1. The molecule has 1 atom stereocenters. The van der Waals surface area contributed by atoms with Crippen molar-refractivity contribution in [2.24, 2.45) is 5.92 Å². The summed E-state index contributed by atoms with van der Waals surface area (Å²) in [6.07, 6.45) is 2.92. The molecule has 0 spiro atoms. The van der Waals surface area contributed by atoms with E-state index in [4.69, 9.17) is 0 Å². The van der Waals surface area contributed by atoms with Gasteiger partial charge in [0.15, 0.2) is 5.78 Å². The standard InChI is InChI=1S/C18H18N2O2/c1-13(21)15-7-8-16(19-11-15)9-14-10-18(22)20(12-14)17-5-3-2-4-6-17/h2-8,11,14H,9-10,12H2,1H3/t14-/m0/s1. The van der Waals surface area contributed by atoms with Crippen molar-refractivity contribution >= 4 is 17.4 Å². The van der Waals surface area contributed by atoms with Gasteiger partial charge < -0.3 is 4.90 Å². The van der Waals surface area contributed by atoms with E-state index in [1.807, 2.05) is 41.3 Å². The van der Waals surface area contributed by atoms with Crippen molar-refractivity contribution in [1.29, 1.82) is 0 Å². The average molecular weight is 294 g/mol. The minimum absolute atomic E-state index is 0.0188. The molecule has 0 radical (unpaired) electrons. The Hall–Kier alpha value is -2.49. The highest BCUT2D eigenvalue weighted by Crippen LogP contribution is 2.26. The highest BCUT2D eigenvalue weighted by molar-refractivity contribution is 5.95. The molecule has 2 heterocycles. The first kappa shape index (κ1) is 14.4. The molecule has 0 saturated carbocycles. The Balaban J connectivity index is 1.67. The second-order valence-electron chi connectivity index (χ2n) is 5.71. The van der Waals surface area contributed by atoms with Gasteiger partial charge in [0.1, 0.15) is 0 Å². The van der Waals surface area contributed by atoms with Gasteiger partial charge in [0.25, 0.3) is 0 Å². The van der Waals surface area contributed by atoms with E-state index in [1.54, 1.807) is 12.3 Å². The van der Waals surface area contributed by atoms with Crippen LogP contribution < -0.4 is 4.90 Å². The van der Waals surface area contributed by atoms with E-state index in [1.165, 1.54) is 6.92 Å². The molecule has 3 rings (SSSR count). The Morgan fingerprint density at radius 3 is 2.64 bits per heavy atom. The van der Waals surface area contributed by atoms with Crippen LogP contribution in [0.25, 0.3) is 0 Å². The van der Waals surface area contributed by atoms with Gasteiger partial charge in [-0.05, 0) is 43.5 Å². The van der Waals surface area contributed by atoms with E-state index in [2.05, 4.69) is 4.98 Å². The zero-order chi connectivity index (χ0) is 15.5. The predicted octanol–water partition coefficient (Wildman–Crippen LogP) is 2.88. The molecule has 1 amide bonds. The fourth-order valence-electron chi connectivity index (χ4n) is 2.83. The fourth-order valence-corrected chi connectivity index (χ4v) is 2.83. The first-order chi connectivity index (χ1) is 10.6. The molecule has 1 aliphatic rings. The molecular formula is C18H18N2O2. The maximum absolute atomic E-state index is 12.2. The molecule has 1 aliphatic heterocycles. The highest BCUT2D eigenvalue weighted by Gasteiger charge is 2.30. The second-order valence-corrected chi connectivity index (χ2v) is 5.71. The SMILES string of the molecule is CC(=O)c1ccc(C[C@H]2CC(=O)N(c3ccccc3)C2)nc1. The maximum atomic E-state index is 12.2. The van der Waals surface area contributed by atoms with Gasteiger partial charge in [-0.25, -0.2) is 0 Å². The van der Waals surface area contributed by atoms with Crippen LogP contribution in [-0.2, 0) is 11.2 Å². The molecule has 1 saturated heterocycles. The number of carbonyl (C=O) groups excluding carboxylic acids is 2.